The average molecular weight is 222 g/mol. The van der Waals surface area contributed by atoms with E-state index in [1.165, 1.54) is 44.1 Å². The molecule has 0 unspecified atom stereocenters. The summed E-state index contributed by atoms with van der Waals surface area (Å²) in [5.41, 5.74) is 1.49. The van der Waals surface area contributed by atoms with Crippen molar-refractivity contribution < 1.29 is 5.48 Å². The van der Waals surface area contributed by atoms with Crippen LogP contribution in [0.1, 0.15) is 51.5 Å². The van der Waals surface area contributed by atoms with Crippen molar-refractivity contribution in [2.24, 2.45) is 5.92 Å². The van der Waals surface area contributed by atoms with Gasteiger partial charge in [-0.25, -0.2) is 0 Å². The average Bonchev–Trinajstić information content (AvgIpc) is 2.24. The first-order valence-corrected chi connectivity index (χ1v) is 6.33. The molecule has 0 spiro atoms. The van der Waals surface area contributed by atoms with E-state index in [0.717, 1.165) is 5.92 Å². The molecule has 0 amide bonds. The van der Waals surface area contributed by atoms with Crippen LogP contribution in [0.4, 0.5) is 0 Å². The number of hydrogen-bond acceptors (Lipinski definition) is 0. The van der Waals surface area contributed by atoms with Crippen LogP contribution in [-0.2, 0) is 6.42 Å². The molecule has 0 aromatic heterocycles. The molecular weight excluding hydrogens is 196 g/mol. The number of aryl methyl sites for hydroxylation is 1. The summed E-state index contributed by atoms with van der Waals surface area (Å²) in [6.45, 7) is 4.62. The van der Waals surface area contributed by atoms with Gasteiger partial charge in [-0.1, -0.05) is 69.9 Å². The van der Waals surface area contributed by atoms with Crippen molar-refractivity contribution in [2.75, 3.05) is 0 Å². The Bertz CT molecular complexity index is 241. The quantitative estimate of drug-likeness (QED) is 0.624. The van der Waals surface area contributed by atoms with Gasteiger partial charge < -0.3 is 5.48 Å². The van der Waals surface area contributed by atoms with E-state index in [2.05, 4.69) is 44.2 Å². The number of hydrogen-bond donors (Lipinski definition) is 0. The molecule has 0 bridgehead atoms. The van der Waals surface area contributed by atoms with E-state index in [1.54, 1.807) is 0 Å². The van der Waals surface area contributed by atoms with Gasteiger partial charge in [0.15, 0.2) is 0 Å². The molecule has 0 saturated heterocycles. The third-order valence-electron chi connectivity index (χ3n) is 2.84. The van der Waals surface area contributed by atoms with E-state index in [-0.39, 0.29) is 5.48 Å². The second-order valence-electron chi connectivity index (χ2n) is 4.83. The first kappa shape index (κ1) is 15.2. The van der Waals surface area contributed by atoms with Crippen molar-refractivity contribution >= 4 is 0 Å². The second kappa shape index (κ2) is 9.41. The molecule has 0 radical (unpaired) electrons. The predicted octanol–water partition coefficient (Wildman–Crippen LogP) is 4.01. The summed E-state index contributed by atoms with van der Waals surface area (Å²) in [7, 11) is 0. The van der Waals surface area contributed by atoms with Crippen LogP contribution in [0.2, 0.25) is 0 Å². The van der Waals surface area contributed by atoms with E-state index < -0.39 is 0 Å². The van der Waals surface area contributed by atoms with Crippen LogP contribution < -0.4 is 0 Å². The third kappa shape index (κ3) is 7.47. The molecule has 0 heterocycles. The van der Waals surface area contributed by atoms with Gasteiger partial charge in [-0.15, -0.1) is 0 Å². The van der Waals surface area contributed by atoms with E-state index >= 15 is 0 Å². The van der Waals surface area contributed by atoms with Gasteiger partial charge in [0.1, 0.15) is 0 Å². The summed E-state index contributed by atoms with van der Waals surface area (Å²) in [6.07, 6.45) is 8.20. The topological polar surface area (TPSA) is 31.5 Å². The van der Waals surface area contributed by atoms with Crippen LogP contribution >= 0.6 is 0 Å². The zero-order valence-electron chi connectivity index (χ0n) is 10.7. The Morgan fingerprint density at radius 1 is 0.875 bits per heavy atom. The lowest BCUT2D eigenvalue weighted by atomic mass is 10.0. The fourth-order valence-electron chi connectivity index (χ4n) is 1.88. The van der Waals surface area contributed by atoms with E-state index in [9.17, 15) is 0 Å². The van der Waals surface area contributed by atoms with E-state index in [0.29, 0.717) is 0 Å². The van der Waals surface area contributed by atoms with Crippen molar-refractivity contribution in [3.8, 4) is 0 Å². The molecule has 2 N–H and O–H groups in total. The highest BCUT2D eigenvalue weighted by atomic mass is 16.0. The molecule has 92 valence electrons. The number of rotatable bonds is 7. The fourth-order valence-corrected chi connectivity index (χ4v) is 1.88. The van der Waals surface area contributed by atoms with Crippen LogP contribution in [0.3, 0.4) is 0 Å². The molecule has 0 fully saturated rings. The first-order valence-electron chi connectivity index (χ1n) is 6.33. The Kier molecular flexibility index (Phi) is 8.93. The van der Waals surface area contributed by atoms with E-state index in [1.807, 2.05) is 0 Å². The van der Waals surface area contributed by atoms with Crippen molar-refractivity contribution in [1.82, 2.24) is 0 Å². The molecule has 0 saturated carbocycles. The monoisotopic (exact) mass is 222 g/mol. The zero-order chi connectivity index (χ0) is 10.9. The maximum Gasteiger partial charge on any atom is -0.0279 e. The Labute approximate surface area is 100 Å². The molecule has 16 heavy (non-hydrogen) atoms. The molecule has 1 heteroatoms. The lowest BCUT2D eigenvalue weighted by Crippen LogP contribution is -1.88. The standard InChI is InChI=1S/C15H24.H2O/c1-14(2)10-6-3-4-7-11-15-12-8-5-9-13-15;/h5,8-9,12-14H,3-4,6-7,10-11H2,1-2H3;1H2. The molecule has 0 aliphatic heterocycles. The van der Waals surface area contributed by atoms with Crippen molar-refractivity contribution in [2.45, 2.75) is 52.4 Å². The Balaban J connectivity index is 0.00000225. The minimum absolute atomic E-state index is 0. The molecule has 0 atom stereocenters. The maximum absolute atomic E-state index is 2.31. The predicted molar refractivity (Wildman–Crippen MR) is 71.7 cm³/mol. The van der Waals surface area contributed by atoms with Crippen molar-refractivity contribution in [3.05, 3.63) is 35.9 Å². The van der Waals surface area contributed by atoms with Gasteiger partial charge in [-0.05, 0) is 24.3 Å². The molecule has 1 nitrogen and oxygen atoms in total. The minimum Gasteiger partial charge on any atom is -0.412 e. The third-order valence-corrected chi connectivity index (χ3v) is 2.84. The number of unbranched alkanes of at least 4 members (excludes halogenated alkanes) is 3. The van der Waals surface area contributed by atoms with Gasteiger partial charge in [0, 0.05) is 0 Å². The van der Waals surface area contributed by atoms with Gasteiger partial charge in [0.05, 0.1) is 0 Å². The molecule has 1 aromatic carbocycles. The summed E-state index contributed by atoms with van der Waals surface area (Å²) < 4.78 is 0. The van der Waals surface area contributed by atoms with Crippen molar-refractivity contribution in [3.63, 3.8) is 0 Å². The largest absolute Gasteiger partial charge is 0.412 e. The van der Waals surface area contributed by atoms with Gasteiger partial charge in [-0.3, -0.25) is 0 Å². The smallest absolute Gasteiger partial charge is 0.0279 e. The van der Waals surface area contributed by atoms with Gasteiger partial charge >= 0.3 is 0 Å². The zero-order valence-corrected chi connectivity index (χ0v) is 10.7. The molecule has 0 aliphatic carbocycles. The Morgan fingerprint density at radius 2 is 1.50 bits per heavy atom. The highest BCUT2D eigenvalue weighted by molar-refractivity contribution is 5.14. The fraction of sp³-hybridized carbons (Fsp3) is 0.600. The summed E-state index contributed by atoms with van der Waals surface area (Å²) >= 11 is 0. The first-order chi connectivity index (χ1) is 7.29. The highest BCUT2D eigenvalue weighted by Gasteiger charge is 1.95. The SMILES string of the molecule is CC(C)CCCCCCc1ccccc1.O. The summed E-state index contributed by atoms with van der Waals surface area (Å²) in [5.74, 6) is 0.874. The summed E-state index contributed by atoms with van der Waals surface area (Å²) in [4.78, 5) is 0. The molecule has 1 rings (SSSR count). The van der Waals surface area contributed by atoms with E-state index in [4.69, 9.17) is 0 Å². The highest BCUT2D eigenvalue weighted by Crippen LogP contribution is 2.11. The lowest BCUT2D eigenvalue weighted by Gasteiger charge is -2.04. The van der Waals surface area contributed by atoms with Crippen LogP contribution in [-0.4, -0.2) is 5.48 Å². The van der Waals surface area contributed by atoms with Gasteiger partial charge in [0.25, 0.3) is 0 Å². The Hall–Kier alpha value is -0.820. The minimum atomic E-state index is 0. The normalized spacial score (nSPS) is 10.2. The number of benzene rings is 1. The molecule has 0 aliphatic rings. The molecular formula is C15H26O. The van der Waals surface area contributed by atoms with Gasteiger partial charge in [-0.2, -0.15) is 0 Å². The summed E-state index contributed by atoms with van der Waals surface area (Å²) in [5, 5.41) is 0. The van der Waals surface area contributed by atoms with Crippen LogP contribution in [0.5, 0.6) is 0 Å². The second-order valence-corrected chi connectivity index (χ2v) is 4.83. The van der Waals surface area contributed by atoms with Crippen LogP contribution in [0.15, 0.2) is 30.3 Å². The summed E-state index contributed by atoms with van der Waals surface area (Å²) in [6, 6.07) is 10.8. The van der Waals surface area contributed by atoms with Crippen LogP contribution in [0, 0.1) is 5.92 Å². The van der Waals surface area contributed by atoms with Crippen molar-refractivity contribution in [1.29, 1.82) is 0 Å². The Morgan fingerprint density at radius 3 is 2.12 bits per heavy atom. The molecule has 1 aromatic rings. The van der Waals surface area contributed by atoms with Gasteiger partial charge in [0.2, 0.25) is 0 Å². The lowest BCUT2D eigenvalue weighted by molar-refractivity contribution is 0.520. The van der Waals surface area contributed by atoms with Crippen LogP contribution in [0.25, 0.3) is 0 Å². The maximum atomic E-state index is 2.31.